The van der Waals surface area contributed by atoms with Crippen LogP contribution in [0.2, 0.25) is 0 Å². The van der Waals surface area contributed by atoms with Crippen molar-refractivity contribution in [3.63, 3.8) is 0 Å². The summed E-state index contributed by atoms with van der Waals surface area (Å²) >= 11 is 0. The van der Waals surface area contributed by atoms with E-state index in [1.807, 2.05) is 36.4 Å². The minimum Gasteiger partial charge on any atom is -0.338 e. The van der Waals surface area contributed by atoms with Gasteiger partial charge in [0.25, 0.3) is 0 Å². The molecule has 0 fully saturated rings. The van der Waals surface area contributed by atoms with E-state index >= 15 is 0 Å². The number of nitrogens with one attached hydrogen (secondary N) is 1. The van der Waals surface area contributed by atoms with E-state index in [4.69, 9.17) is 0 Å². The Hall–Kier alpha value is -3.68. The van der Waals surface area contributed by atoms with E-state index in [9.17, 15) is 13.2 Å². The van der Waals surface area contributed by atoms with Crippen LogP contribution in [0.4, 0.5) is 24.7 Å². The van der Waals surface area contributed by atoms with Gasteiger partial charge in [-0.25, -0.2) is 9.97 Å². The normalized spacial score (nSPS) is 12.0. The fourth-order valence-corrected chi connectivity index (χ4v) is 3.47. The summed E-state index contributed by atoms with van der Waals surface area (Å²) < 4.78 is 41.2. The van der Waals surface area contributed by atoms with Crippen LogP contribution in [0.25, 0.3) is 23.2 Å². The van der Waals surface area contributed by atoms with Crippen molar-refractivity contribution in [1.29, 1.82) is 0 Å². The maximum absolute atomic E-state index is 13.2. The van der Waals surface area contributed by atoms with Crippen molar-refractivity contribution in [2.75, 3.05) is 5.32 Å². The fraction of sp³-hybridized carbons (Fsp3) is 0.208. The Bertz CT molecular complexity index is 1260. The van der Waals surface area contributed by atoms with Crippen molar-refractivity contribution in [2.45, 2.75) is 25.9 Å². The molecule has 5 nitrogen and oxygen atoms in total. The molecule has 1 N–H and O–H groups in total. The molecule has 0 amide bonds. The van der Waals surface area contributed by atoms with Crippen LogP contribution < -0.4 is 5.32 Å². The minimum absolute atomic E-state index is 0.288. The number of halogens is 3. The highest BCUT2D eigenvalue weighted by atomic mass is 19.4. The molecule has 0 spiro atoms. The fourth-order valence-electron chi connectivity index (χ4n) is 3.47. The van der Waals surface area contributed by atoms with Gasteiger partial charge in [-0.3, -0.25) is 4.68 Å². The molecule has 0 saturated heterocycles. The molecule has 0 unspecified atom stereocenters. The SMILES string of the molecule is CCCc1nn(C)c2c(Nc3cccc(C(F)(F)F)c3)nc(/C=C/c3ccccc3)nc12. The first kappa shape index (κ1) is 21.5. The van der Waals surface area contributed by atoms with Gasteiger partial charge in [-0.15, -0.1) is 0 Å². The first-order valence-electron chi connectivity index (χ1n) is 10.3. The quantitative estimate of drug-likeness (QED) is 0.387. The monoisotopic (exact) mass is 437 g/mol. The number of alkyl halides is 3. The minimum atomic E-state index is -4.43. The van der Waals surface area contributed by atoms with E-state index in [1.54, 1.807) is 23.9 Å². The summed E-state index contributed by atoms with van der Waals surface area (Å²) in [7, 11) is 1.78. The Morgan fingerprint density at radius 3 is 2.50 bits per heavy atom. The third kappa shape index (κ3) is 4.64. The molecule has 0 aliphatic heterocycles. The number of aryl methyl sites for hydroxylation is 2. The standard InChI is InChI=1S/C24H22F3N5/c1-3-8-19-21-22(32(2)31-19)23(28-18-12-7-11-17(15-18)24(25,26)27)30-20(29-21)14-13-16-9-5-4-6-10-16/h4-7,9-15H,3,8H2,1-2H3,(H,28,29,30)/b14-13+. The molecule has 0 aliphatic carbocycles. The van der Waals surface area contributed by atoms with Gasteiger partial charge in [-0.05, 0) is 36.3 Å². The van der Waals surface area contributed by atoms with Crippen LogP contribution in [0.5, 0.6) is 0 Å². The topological polar surface area (TPSA) is 55.6 Å². The van der Waals surface area contributed by atoms with Gasteiger partial charge in [0.1, 0.15) is 11.0 Å². The van der Waals surface area contributed by atoms with E-state index in [-0.39, 0.29) is 5.69 Å². The highest BCUT2D eigenvalue weighted by molar-refractivity contribution is 5.90. The van der Waals surface area contributed by atoms with Crippen molar-refractivity contribution in [2.24, 2.45) is 7.05 Å². The lowest BCUT2D eigenvalue weighted by Crippen LogP contribution is -2.06. The molecule has 164 valence electrons. The Labute approximate surface area is 183 Å². The predicted molar refractivity (Wildman–Crippen MR) is 120 cm³/mol. The number of nitrogens with zero attached hydrogens (tertiary/aromatic N) is 4. The zero-order valence-corrected chi connectivity index (χ0v) is 17.7. The van der Waals surface area contributed by atoms with Gasteiger partial charge in [0.2, 0.25) is 0 Å². The molecule has 4 aromatic rings. The van der Waals surface area contributed by atoms with Crippen LogP contribution in [0.15, 0.2) is 54.6 Å². The lowest BCUT2D eigenvalue weighted by molar-refractivity contribution is -0.137. The van der Waals surface area contributed by atoms with Crippen LogP contribution in [0.1, 0.15) is 36.0 Å². The van der Waals surface area contributed by atoms with Gasteiger partial charge < -0.3 is 5.32 Å². The van der Waals surface area contributed by atoms with Crippen LogP contribution in [0.3, 0.4) is 0 Å². The lowest BCUT2D eigenvalue weighted by atomic mass is 10.2. The van der Waals surface area contributed by atoms with Crippen molar-refractivity contribution < 1.29 is 13.2 Å². The lowest BCUT2D eigenvalue weighted by Gasteiger charge is -2.12. The van der Waals surface area contributed by atoms with Gasteiger partial charge in [0, 0.05) is 12.7 Å². The van der Waals surface area contributed by atoms with Gasteiger partial charge in [0.15, 0.2) is 11.6 Å². The second-order valence-corrected chi connectivity index (χ2v) is 7.40. The van der Waals surface area contributed by atoms with Crippen molar-refractivity contribution in [3.05, 3.63) is 77.2 Å². The van der Waals surface area contributed by atoms with Crippen LogP contribution in [-0.4, -0.2) is 19.7 Å². The first-order chi connectivity index (χ1) is 15.3. The van der Waals surface area contributed by atoms with Gasteiger partial charge in [-0.2, -0.15) is 18.3 Å². The van der Waals surface area contributed by atoms with Crippen molar-refractivity contribution in [3.8, 4) is 0 Å². The second kappa shape index (κ2) is 8.82. The summed E-state index contributed by atoms with van der Waals surface area (Å²) in [6.45, 7) is 2.06. The molecule has 2 heterocycles. The Balaban J connectivity index is 1.80. The van der Waals surface area contributed by atoms with Crippen molar-refractivity contribution in [1.82, 2.24) is 19.7 Å². The molecule has 2 aromatic carbocycles. The maximum atomic E-state index is 13.2. The molecule has 0 saturated carbocycles. The molecule has 4 rings (SSSR count). The average Bonchev–Trinajstić information content (AvgIpc) is 3.08. The van der Waals surface area contributed by atoms with E-state index in [0.717, 1.165) is 36.2 Å². The highest BCUT2D eigenvalue weighted by Crippen LogP contribution is 2.32. The summed E-state index contributed by atoms with van der Waals surface area (Å²) in [5, 5.41) is 7.62. The molecular weight excluding hydrogens is 415 g/mol. The summed E-state index contributed by atoms with van der Waals surface area (Å²) in [6, 6.07) is 14.8. The third-order valence-corrected chi connectivity index (χ3v) is 4.93. The molecule has 0 bridgehead atoms. The Morgan fingerprint density at radius 1 is 1.00 bits per heavy atom. The number of benzene rings is 2. The summed E-state index contributed by atoms with van der Waals surface area (Å²) in [4.78, 5) is 9.27. The predicted octanol–water partition coefficient (Wildman–Crippen LogP) is 6.25. The van der Waals surface area contributed by atoms with Gasteiger partial charge in [0.05, 0.1) is 11.3 Å². The number of hydrogen-bond acceptors (Lipinski definition) is 4. The number of fused-ring (bicyclic) bond motifs is 1. The number of rotatable bonds is 6. The Morgan fingerprint density at radius 2 is 1.78 bits per heavy atom. The Kier molecular flexibility index (Phi) is 5.94. The molecular formula is C24H22F3N5. The third-order valence-electron chi connectivity index (χ3n) is 4.93. The highest BCUT2D eigenvalue weighted by Gasteiger charge is 2.30. The molecule has 8 heteroatoms. The smallest absolute Gasteiger partial charge is 0.338 e. The van der Waals surface area contributed by atoms with Crippen LogP contribution in [0, 0.1) is 0 Å². The largest absolute Gasteiger partial charge is 0.416 e. The average molecular weight is 437 g/mol. The molecule has 0 radical (unpaired) electrons. The maximum Gasteiger partial charge on any atom is 0.416 e. The number of hydrogen-bond donors (Lipinski definition) is 1. The molecule has 0 aliphatic rings. The van der Waals surface area contributed by atoms with E-state index < -0.39 is 11.7 Å². The van der Waals surface area contributed by atoms with E-state index in [0.29, 0.717) is 22.7 Å². The van der Waals surface area contributed by atoms with Crippen LogP contribution in [-0.2, 0) is 19.6 Å². The van der Waals surface area contributed by atoms with Gasteiger partial charge >= 0.3 is 6.18 Å². The number of aromatic nitrogens is 4. The second-order valence-electron chi connectivity index (χ2n) is 7.40. The molecule has 32 heavy (non-hydrogen) atoms. The number of anilines is 2. The van der Waals surface area contributed by atoms with Crippen LogP contribution >= 0.6 is 0 Å². The summed E-state index contributed by atoms with van der Waals surface area (Å²) in [6.07, 6.45) is 0.879. The van der Waals surface area contributed by atoms with E-state index in [1.165, 1.54) is 6.07 Å². The zero-order valence-electron chi connectivity index (χ0n) is 17.7. The summed E-state index contributed by atoms with van der Waals surface area (Å²) in [5.41, 5.74) is 2.70. The zero-order chi connectivity index (χ0) is 22.7. The first-order valence-corrected chi connectivity index (χ1v) is 10.3. The summed E-state index contributed by atoms with van der Waals surface area (Å²) in [5.74, 6) is 0.848. The van der Waals surface area contributed by atoms with Gasteiger partial charge in [-0.1, -0.05) is 55.8 Å². The van der Waals surface area contributed by atoms with E-state index in [2.05, 4.69) is 27.3 Å². The van der Waals surface area contributed by atoms with Crippen molar-refractivity contribution >= 4 is 34.7 Å². The molecule has 2 aromatic heterocycles. The molecule has 0 atom stereocenters.